The molecule has 0 aromatic rings. The standard InChI is InChI=1S/C9H14O4.C4H6O2/c1-4-5-7(8(10)11)13-9(12)6(2)3;1-3-6-4(2)5/h7H,2,4-5H2,1,3H3,(H,10,11);3H,1H2,2H3. The minimum atomic E-state index is -1.11. The second-order valence-electron chi connectivity index (χ2n) is 3.58. The Hall–Kier alpha value is -2.11. The molecule has 1 atom stereocenters. The number of esters is 2. The van der Waals surface area contributed by atoms with Crippen LogP contribution in [0.15, 0.2) is 25.0 Å². The van der Waals surface area contributed by atoms with Crippen LogP contribution in [0.5, 0.6) is 0 Å². The average molecular weight is 272 g/mol. The van der Waals surface area contributed by atoms with Crippen molar-refractivity contribution in [3.05, 3.63) is 25.0 Å². The Balaban J connectivity index is 0. The van der Waals surface area contributed by atoms with E-state index in [-0.39, 0.29) is 11.5 Å². The molecule has 0 fully saturated rings. The Labute approximate surface area is 112 Å². The Bertz CT molecular complexity index is 345. The number of carbonyl (C=O) groups excluding carboxylic acids is 2. The van der Waals surface area contributed by atoms with E-state index in [1.165, 1.54) is 13.8 Å². The van der Waals surface area contributed by atoms with Gasteiger partial charge in [0.2, 0.25) is 0 Å². The van der Waals surface area contributed by atoms with E-state index in [1.807, 2.05) is 6.92 Å². The molecule has 0 radical (unpaired) electrons. The van der Waals surface area contributed by atoms with Gasteiger partial charge in [-0.1, -0.05) is 26.5 Å². The van der Waals surface area contributed by atoms with Gasteiger partial charge in [0.15, 0.2) is 6.10 Å². The lowest BCUT2D eigenvalue weighted by Gasteiger charge is -2.12. The highest BCUT2D eigenvalue weighted by atomic mass is 16.6. The van der Waals surface area contributed by atoms with Crippen LogP contribution >= 0.6 is 0 Å². The Morgan fingerprint density at radius 1 is 1.32 bits per heavy atom. The van der Waals surface area contributed by atoms with E-state index in [4.69, 9.17) is 5.11 Å². The molecule has 0 bridgehead atoms. The normalized spacial score (nSPS) is 10.3. The molecule has 0 aliphatic carbocycles. The summed E-state index contributed by atoms with van der Waals surface area (Å²) in [7, 11) is 0. The molecule has 0 amide bonds. The third-order valence-electron chi connectivity index (χ3n) is 1.67. The Morgan fingerprint density at radius 2 is 1.84 bits per heavy atom. The van der Waals surface area contributed by atoms with Gasteiger partial charge in [0, 0.05) is 12.5 Å². The number of aliphatic carboxylic acids is 1. The first kappa shape index (κ1) is 19.2. The highest BCUT2D eigenvalue weighted by Gasteiger charge is 2.20. The third kappa shape index (κ3) is 12.1. The van der Waals surface area contributed by atoms with E-state index in [1.54, 1.807) is 0 Å². The molecule has 0 aromatic heterocycles. The summed E-state index contributed by atoms with van der Waals surface area (Å²) < 4.78 is 8.84. The van der Waals surface area contributed by atoms with Crippen molar-refractivity contribution in [1.82, 2.24) is 0 Å². The summed E-state index contributed by atoms with van der Waals surface area (Å²) in [6.07, 6.45) is 1.03. The summed E-state index contributed by atoms with van der Waals surface area (Å²) in [6, 6.07) is 0. The molecule has 0 rings (SSSR count). The van der Waals surface area contributed by atoms with Crippen molar-refractivity contribution in [3.63, 3.8) is 0 Å². The molecule has 0 aromatic carbocycles. The van der Waals surface area contributed by atoms with Gasteiger partial charge in [0.05, 0.1) is 6.26 Å². The predicted molar refractivity (Wildman–Crippen MR) is 69.2 cm³/mol. The van der Waals surface area contributed by atoms with Gasteiger partial charge in [-0.25, -0.2) is 9.59 Å². The molecule has 0 aliphatic rings. The van der Waals surface area contributed by atoms with E-state index in [0.29, 0.717) is 12.8 Å². The van der Waals surface area contributed by atoms with E-state index in [9.17, 15) is 14.4 Å². The predicted octanol–water partition coefficient (Wildman–Crippen LogP) is 2.05. The van der Waals surface area contributed by atoms with Crippen molar-refractivity contribution in [2.75, 3.05) is 0 Å². The topological polar surface area (TPSA) is 89.9 Å². The second kappa shape index (κ2) is 11.0. The summed E-state index contributed by atoms with van der Waals surface area (Å²) in [5.74, 6) is -2.10. The number of carboxylic acid groups (broad SMARTS) is 1. The number of hydrogen-bond donors (Lipinski definition) is 1. The van der Waals surface area contributed by atoms with Crippen molar-refractivity contribution in [3.8, 4) is 0 Å². The van der Waals surface area contributed by atoms with Gasteiger partial charge in [-0.3, -0.25) is 4.79 Å². The maximum atomic E-state index is 10.9. The van der Waals surface area contributed by atoms with Crippen LogP contribution in [0, 0.1) is 0 Å². The summed E-state index contributed by atoms with van der Waals surface area (Å²) in [5.41, 5.74) is 0.211. The van der Waals surface area contributed by atoms with Gasteiger partial charge in [-0.2, -0.15) is 0 Å². The van der Waals surface area contributed by atoms with E-state index < -0.39 is 18.0 Å². The minimum absolute atomic E-state index is 0.211. The summed E-state index contributed by atoms with van der Waals surface area (Å²) in [4.78, 5) is 31.2. The maximum Gasteiger partial charge on any atom is 0.345 e. The van der Waals surface area contributed by atoms with Gasteiger partial charge in [-0.05, 0) is 13.3 Å². The SMILES string of the molecule is C=C(C)C(=O)OC(CCC)C(=O)O.C=COC(C)=O. The van der Waals surface area contributed by atoms with Gasteiger partial charge in [0.25, 0.3) is 0 Å². The molecule has 0 saturated heterocycles. The molecule has 0 spiro atoms. The number of rotatable bonds is 6. The van der Waals surface area contributed by atoms with Crippen molar-refractivity contribution < 1.29 is 29.0 Å². The quantitative estimate of drug-likeness (QED) is 0.452. The molecule has 1 N–H and O–H groups in total. The smallest absolute Gasteiger partial charge is 0.345 e. The molecule has 19 heavy (non-hydrogen) atoms. The van der Waals surface area contributed by atoms with E-state index in [2.05, 4.69) is 22.6 Å². The zero-order valence-electron chi connectivity index (χ0n) is 11.5. The van der Waals surface area contributed by atoms with Crippen molar-refractivity contribution in [2.24, 2.45) is 0 Å². The molecule has 108 valence electrons. The summed E-state index contributed by atoms with van der Waals surface area (Å²) >= 11 is 0. The number of carbonyl (C=O) groups is 3. The number of ether oxygens (including phenoxy) is 2. The lowest BCUT2D eigenvalue weighted by Crippen LogP contribution is -2.27. The monoisotopic (exact) mass is 272 g/mol. The highest BCUT2D eigenvalue weighted by Crippen LogP contribution is 2.05. The zero-order chi connectivity index (χ0) is 15.4. The molecule has 0 saturated carbocycles. The van der Waals surface area contributed by atoms with Crippen LogP contribution in [0.2, 0.25) is 0 Å². The first-order valence-corrected chi connectivity index (χ1v) is 5.63. The number of carboxylic acids is 1. The first-order valence-electron chi connectivity index (χ1n) is 5.63. The Kier molecular flexibility index (Phi) is 11.1. The third-order valence-corrected chi connectivity index (χ3v) is 1.67. The molecule has 1 unspecified atom stereocenters. The highest BCUT2D eigenvalue weighted by molar-refractivity contribution is 5.89. The van der Waals surface area contributed by atoms with Gasteiger partial charge >= 0.3 is 17.9 Å². The molecule has 0 aliphatic heterocycles. The van der Waals surface area contributed by atoms with Crippen LogP contribution in [-0.4, -0.2) is 29.1 Å². The summed E-state index contributed by atoms with van der Waals surface area (Å²) in [5, 5.41) is 8.63. The molecule has 6 heteroatoms. The fraction of sp³-hybridized carbons (Fsp3) is 0.462. The lowest BCUT2D eigenvalue weighted by atomic mass is 10.2. The fourth-order valence-electron chi connectivity index (χ4n) is 0.842. The largest absolute Gasteiger partial charge is 0.479 e. The fourth-order valence-corrected chi connectivity index (χ4v) is 0.842. The Morgan fingerprint density at radius 3 is 2.05 bits per heavy atom. The van der Waals surface area contributed by atoms with Crippen molar-refractivity contribution >= 4 is 17.9 Å². The average Bonchev–Trinajstić information content (AvgIpc) is 2.28. The summed E-state index contributed by atoms with van der Waals surface area (Å²) in [6.45, 7) is 11.1. The number of hydrogen-bond acceptors (Lipinski definition) is 5. The molecule has 0 heterocycles. The zero-order valence-corrected chi connectivity index (χ0v) is 11.5. The minimum Gasteiger partial charge on any atom is -0.479 e. The van der Waals surface area contributed by atoms with Crippen LogP contribution in [0.25, 0.3) is 0 Å². The van der Waals surface area contributed by atoms with Gasteiger partial charge < -0.3 is 14.6 Å². The van der Waals surface area contributed by atoms with Crippen molar-refractivity contribution in [1.29, 1.82) is 0 Å². The van der Waals surface area contributed by atoms with E-state index >= 15 is 0 Å². The molecular formula is C13H20O6. The van der Waals surface area contributed by atoms with E-state index in [0.717, 1.165) is 6.26 Å². The van der Waals surface area contributed by atoms with Crippen LogP contribution < -0.4 is 0 Å². The first-order chi connectivity index (χ1) is 8.76. The van der Waals surface area contributed by atoms with Crippen LogP contribution in [0.4, 0.5) is 0 Å². The maximum absolute atomic E-state index is 10.9. The molecular weight excluding hydrogens is 252 g/mol. The second-order valence-corrected chi connectivity index (χ2v) is 3.58. The van der Waals surface area contributed by atoms with Crippen LogP contribution in [-0.2, 0) is 23.9 Å². The van der Waals surface area contributed by atoms with Gasteiger partial charge in [0.1, 0.15) is 0 Å². The van der Waals surface area contributed by atoms with Crippen LogP contribution in [0.3, 0.4) is 0 Å². The van der Waals surface area contributed by atoms with Crippen molar-refractivity contribution in [2.45, 2.75) is 39.7 Å². The van der Waals surface area contributed by atoms with Crippen LogP contribution in [0.1, 0.15) is 33.6 Å². The molecule has 6 nitrogen and oxygen atoms in total. The lowest BCUT2D eigenvalue weighted by molar-refractivity contribution is -0.161. The van der Waals surface area contributed by atoms with Gasteiger partial charge in [-0.15, -0.1) is 0 Å².